The molecule has 1 aliphatic carbocycles. The van der Waals surface area contributed by atoms with Gasteiger partial charge < -0.3 is 25.6 Å². The highest BCUT2D eigenvalue weighted by molar-refractivity contribution is 6.38. The van der Waals surface area contributed by atoms with E-state index >= 15 is 0 Å². The predicted octanol–water partition coefficient (Wildman–Crippen LogP) is 3.75. The molecule has 4 amide bonds. The Morgan fingerprint density at radius 1 is 1.00 bits per heavy atom. The van der Waals surface area contributed by atoms with E-state index in [0.29, 0.717) is 6.42 Å². The molecule has 10 nitrogen and oxygen atoms in total. The first-order valence-corrected chi connectivity index (χ1v) is 15.0. The quantitative estimate of drug-likeness (QED) is 0.311. The van der Waals surface area contributed by atoms with Crippen LogP contribution in [0.1, 0.15) is 78.8 Å². The van der Waals surface area contributed by atoms with Gasteiger partial charge in [0.05, 0.1) is 18.2 Å². The molecule has 3 N–H and O–H groups in total. The molecule has 0 radical (unpaired) electrons. The topological polar surface area (TPSA) is 134 Å². The number of alkyl halides is 2. The molecule has 1 saturated carbocycles. The van der Waals surface area contributed by atoms with Crippen LogP contribution < -0.4 is 16.0 Å². The second-order valence-corrected chi connectivity index (χ2v) is 12.1. The zero-order valence-corrected chi connectivity index (χ0v) is 25.7. The standard InChI is InChI=1S/C31H44F2N4O6/c1-7-11-23(26(38)28(40)34-19(6)20-12-9-8-10-13-20)35-27(39)25-21-14-15-31(32,33)22(21)16-37(25)29(41)24(17(2)3)36-30(42)43-18(4)5/h8-10,12-13,17-19,21-25H,7,11,14-16H2,1-6H3,(H,34,40)(H,35,39)(H,36,42)/t19-,21-,22-,23-,24-,25-/m0/s1. The van der Waals surface area contributed by atoms with Crippen molar-refractivity contribution in [3.63, 3.8) is 0 Å². The minimum absolute atomic E-state index is 0.0101. The molecule has 238 valence electrons. The number of hydrogen-bond acceptors (Lipinski definition) is 6. The Morgan fingerprint density at radius 3 is 2.23 bits per heavy atom. The third-order valence-corrected chi connectivity index (χ3v) is 8.19. The first-order chi connectivity index (χ1) is 20.2. The number of nitrogens with one attached hydrogen (secondary N) is 3. The molecule has 1 aliphatic heterocycles. The lowest BCUT2D eigenvalue weighted by atomic mass is 9.91. The molecule has 2 aliphatic rings. The van der Waals surface area contributed by atoms with Gasteiger partial charge in [-0.05, 0) is 51.0 Å². The summed E-state index contributed by atoms with van der Waals surface area (Å²) in [6.45, 7) is 9.80. The van der Waals surface area contributed by atoms with E-state index in [2.05, 4.69) is 16.0 Å². The number of ether oxygens (including phenoxy) is 1. The molecule has 43 heavy (non-hydrogen) atoms. The zero-order chi connectivity index (χ0) is 32.1. The molecule has 0 aromatic heterocycles. The van der Waals surface area contributed by atoms with E-state index in [4.69, 9.17) is 4.74 Å². The largest absolute Gasteiger partial charge is 0.447 e. The van der Waals surface area contributed by atoms with E-state index in [1.807, 2.05) is 18.2 Å². The monoisotopic (exact) mass is 606 g/mol. The third-order valence-electron chi connectivity index (χ3n) is 8.19. The summed E-state index contributed by atoms with van der Waals surface area (Å²) < 4.78 is 34.9. The van der Waals surface area contributed by atoms with Gasteiger partial charge in [-0.15, -0.1) is 0 Å². The molecule has 3 rings (SSSR count). The van der Waals surface area contributed by atoms with Crippen LogP contribution >= 0.6 is 0 Å². The number of Topliss-reactive ketones (excluding diaryl/α,β-unsaturated/α-hetero) is 1. The van der Waals surface area contributed by atoms with E-state index in [9.17, 15) is 32.8 Å². The van der Waals surface area contributed by atoms with Crippen molar-refractivity contribution in [3.8, 4) is 0 Å². The molecule has 0 unspecified atom stereocenters. The van der Waals surface area contributed by atoms with Gasteiger partial charge in [-0.3, -0.25) is 19.2 Å². The maximum Gasteiger partial charge on any atom is 0.408 e. The van der Waals surface area contributed by atoms with Crippen LogP contribution in [0.25, 0.3) is 0 Å². The number of rotatable bonds is 12. The number of ketones is 1. The summed E-state index contributed by atoms with van der Waals surface area (Å²) in [5.41, 5.74) is 0.790. The Bertz CT molecular complexity index is 1180. The fourth-order valence-electron chi connectivity index (χ4n) is 5.96. The van der Waals surface area contributed by atoms with Crippen molar-refractivity contribution < 1.29 is 37.5 Å². The van der Waals surface area contributed by atoms with Gasteiger partial charge in [-0.2, -0.15) is 0 Å². The van der Waals surface area contributed by atoms with Gasteiger partial charge in [0.15, 0.2) is 0 Å². The average molecular weight is 607 g/mol. The Labute approximate surface area is 251 Å². The molecule has 12 heteroatoms. The molecule has 0 bridgehead atoms. The Morgan fingerprint density at radius 2 is 1.65 bits per heavy atom. The van der Waals surface area contributed by atoms with Gasteiger partial charge in [0, 0.05) is 18.9 Å². The Kier molecular flexibility index (Phi) is 11.3. The lowest BCUT2D eigenvalue weighted by molar-refractivity contribution is -0.144. The first kappa shape index (κ1) is 33.9. The molecule has 0 spiro atoms. The van der Waals surface area contributed by atoms with Crippen molar-refractivity contribution in [3.05, 3.63) is 35.9 Å². The van der Waals surface area contributed by atoms with Crippen LogP contribution in [0.15, 0.2) is 30.3 Å². The number of carbonyl (C=O) groups is 5. The van der Waals surface area contributed by atoms with Crippen molar-refractivity contribution in [2.24, 2.45) is 17.8 Å². The smallest absolute Gasteiger partial charge is 0.408 e. The number of carbonyl (C=O) groups excluding carboxylic acids is 5. The highest BCUT2D eigenvalue weighted by Crippen LogP contribution is 2.51. The van der Waals surface area contributed by atoms with Crippen LogP contribution in [0.2, 0.25) is 0 Å². The van der Waals surface area contributed by atoms with E-state index < -0.39 is 90.0 Å². The van der Waals surface area contributed by atoms with Gasteiger partial charge in [-0.1, -0.05) is 57.5 Å². The molecule has 6 atom stereocenters. The van der Waals surface area contributed by atoms with Crippen LogP contribution in [0.3, 0.4) is 0 Å². The lowest BCUT2D eigenvalue weighted by Gasteiger charge is -2.33. The molecule has 1 aromatic carbocycles. The van der Waals surface area contributed by atoms with Gasteiger partial charge in [-0.25, -0.2) is 13.6 Å². The Balaban J connectivity index is 1.83. The molecular weight excluding hydrogens is 562 g/mol. The minimum atomic E-state index is -3.08. The molecule has 1 saturated heterocycles. The Hall–Kier alpha value is -3.57. The summed E-state index contributed by atoms with van der Waals surface area (Å²) in [5.74, 6) is -8.83. The molecule has 2 fully saturated rings. The third kappa shape index (κ3) is 8.08. The van der Waals surface area contributed by atoms with Crippen molar-refractivity contribution in [1.82, 2.24) is 20.9 Å². The second-order valence-electron chi connectivity index (χ2n) is 12.1. The summed E-state index contributed by atoms with van der Waals surface area (Å²) in [5, 5.41) is 7.79. The number of hydrogen-bond donors (Lipinski definition) is 3. The summed E-state index contributed by atoms with van der Waals surface area (Å²) in [7, 11) is 0. The highest BCUT2D eigenvalue weighted by atomic mass is 19.3. The fraction of sp³-hybridized carbons (Fsp3) is 0.645. The van der Waals surface area contributed by atoms with Crippen LogP contribution in [-0.4, -0.2) is 71.2 Å². The summed E-state index contributed by atoms with van der Waals surface area (Å²) >= 11 is 0. The van der Waals surface area contributed by atoms with Crippen LogP contribution in [-0.2, 0) is 23.9 Å². The fourth-order valence-corrected chi connectivity index (χ4v) is 5.96. The number of benzene rings is 1. The number of alkyl carbamates (subject to hydrolysis) is 1. The summed E-state index contributed by atoms with van der Waals surface area (Å²) in [6.07, 6.45) is -1.11. The number of nitrogens with zero attached hydrogens (tertiary/aromatic N) is 1. The van der Waals surface area contributed by atoms with Gasteiger partial charge in [0.2, 0.25) is 17.6 Å². The number of fused-ring (bicyclic) bond motifs is 1. The predicted molar refractivity (Wildman–Crippen MR) is 155 cm³/mol. The van der Waals surface area contributed by atoms with E-state index in [0.717, 1.165) is 10.5 Å². The van der Waals surface area contributed by atoms with Gasteiger partial charge in [0.1, 0.15) is 12.1 Å². The van der Waals surface area contributed by atoms with Crippen molar-refractivity contribution in [1.29, 1.82) is 0 Å². The number of amides is 4. The van der Waals surface area contributed by atoms with Crippen LogP contribution in [0.4, 0.5) is 13.6 Å². The maximum absolute atomic E-state index is 14.9. The van der Waals surface area contributed by atoms with Crippen molar-refractivity contribution in [2.75, 3.05) is 6.54 Å². The van der Waals surface area contributed by atoms with E-state index in [1.165, 1.54) is 0 Å². The van der Waals surface area contributed by atoms with Crippen molar-refractivity contribution >= 4 is 29.6 Å². The first-order valence-electron chi connectivity index (χ1n) is 15.0. The zero-order valence-electron chi connectivity index (χ0n) is 25.7. The summed E-state index contributed by atoms with van der Waals surface area (Å²) in [6, 6.07) is 4.95. The van der Waals surface area contributed by atoms with Crippen LogP contribution in [0.5, 0.6) is 0 Å². The number of likely N-dealkylation sites (tertiary alicyclic amines) is 1. The summed E-state index contributed by atoms with van der Waals surface area (Å²) in [4.78, 5) is 67.1. The average Bonchev–Trinajstić information content (AvgIpc) is 3.47. The SMILES string of the molecule is CCC[C@H](NC(=O)[C@@H]1[C@H]2CCC(F)(F)[C@H]2CN1C(=O)[C@@H](NC(=O)OC(C)C)C(C)C)C(=O)C(=O)N[C@@H](C)c1ccccc1. The molecule has 1 heterocycles. The van der Waals surface area contributed by atoms with Gasteiger partial charge in [0.25, 0.3) is 11.8 Å². The molecular formula is C31H44F2N4O6. The minimum Gasteiger partial charge on any atom is -0.447 e. The van der Waals surface area contributed by atoms with Crippen molar-refractivity contribution in [2.45, 2.75) is 103 Å². The second kappa shape index (κ2) is 14.3. The molecule has 1 aromatic rings. The highest BCUT2D eigenvalue weighted by Gasteiger charge is 2.61. The lowest BCUT2D eigenvalue weighted by Crippen LogP contribution is -2.58. The number of halogens is 2. The van der Waals surface area contributed by atoms with Crippen LogP contribution in [0, 0.1) is 17.8 Å². The van der Waals surface area contributed by atoms with E-state index in [1.54, 1.807) is 53.7 Å². The normalized spacial score (nSPS) is 22.8. The van der Waals surface area contributed by atoms with Gasteiger partial charge >= 0.3 is 6.09 Å². The maximum atomic E-state index is 14.9. The van der Waals surface area contributed by atoms with E-state index in [-0.39, 0.29) is 19.4 Å².